The minimum Gasteiger partial charge on any atom is -0.506 e. The van der Waals surface area contributed by atoms with Crippen molar-refractivity contribution in [3.05, 3.63) is 23.8 Å². The van der Waals surface area contributed by atoms with Crippen molar-refractivity contribution in [2.45, 2.75) is 6.92 Å². The molecule has 0 fully saturated rings. The van der Waals surface area contributed by atoms with Gasteiger partial charge in [-0.3, -0.25) is 0 Å². The zero-order chi connectivity index (χ0) is 15.1. The number of phenolic OH excluding ortho intramolecular Hbond substituents is 1. The van der Waals surface area contributed by atoms with Gasteiger partial charge in [0, 0.05) is 13.7 Å². The Morgan fingerprint density at radius 3 is 2.65 bits per heavy atom. The van der Waals surface area contributed by atoms with E-state index in [4.69, 9.17) is 9.84 Å². The minimum atomic E-state index is -1.15. The lowest BCUT2D eigenvalue weighted by Gasteiger charge is -2.13. The molecule has 0 saturated heterocycles. The molecule has 1 aromatic carbocycles. The average molecular weight is 282 g/mol. The van der Waals surface area contributed by atoms with Crippen LogP contribution in [-0.2, 0) is 4.74 Å². The highest BCUT2D eigenvalue weighted by Crippen LogP contribution is 2.24. The first-order chi connectivity index (χ1) is 9.43. The van der Waals surface area contributed by atoms with Gasteiger partial charge in [0.1, 0.15) is 5.75 Å². The van der Waals surface area contributed by atoms with E-state index >= 15 is 0 Å². The molecule has 7 heteroatoms. The van der Waals surface area contributed by atoms with Crippen LogP contribution in [0.3, 0.4) is 0 Å². The number of ether oxygens (including phenoxy) is 1. The van der Waals surface area contributed by atoms with E-state index in [1.165, 1.54) is 12.1 Å². The predicted octanol–water partition coefficient (Wildman–Crippen LogP) is 1.49. The van der Waals surface area contributed by atoms with E-state index < -0.39 is 12.0 Å². The Morgan fingerprint density at radius 1 is 1.40 bits per heavy atom. The molecule has 2 amide bonds. The van der Waals surface area contributed by atoms with E-state index in [0.29, 0.717) is 13.2 Å². The van der Waals surface area contributed by atoms with Crippen molar-refractivity contribution in [3.8, 4) is 5.75 Å². The Balaban J connectivity index is 2.56. The normalized spacial score (nSPS) is 11.7. The number of methoxy groups -OCH3 is 1. The number of phenols is 1. The SMILES string of the molecule is COCC(C)CNC(=O)Nc1ccc(C(=O)O)cc1O. The fraction of sp³-hybridized carbons (Fsp3) is 0.385. The van der Waals surface area contributed by atoms with Crippen LogP contribution in [0.25, 0.3) is 0 Å². The van der Waals surface area contributed by atoms with Gasteiger partial charge in [-0.05, 0) is 24.1 Å². The zero-order valence-corrected chi connectivity index (χ0v) is 11.3. The minimum absolute atomic E-state index is 0.0535. The van der Waals surface area contributed by atoms with E-state index in [2.05, 4.69) is 10.6 Å². The average Bonchev–Trinajstić information content (AvgIpc) is 2.39. The highest BCUT2D eigenvalue weighted by molar-refractivity contribution is 5.93. The molecule has 1 unspecified atom stereocenters. The molecule has 4 N–H and O–H groups in total. The lowest BCUT2D eigenvalue weighted by Crippen LogP contribution is -2.33. The fourth-order valence-electron chi connectivity index (χ4n) is 1.55. The fourth-order valence-corrected chi connectivity index (χ4v) is 1.55. The Kier molecular flexibility index (Phi) is 5.79. The number of carboxylic acid groups (broad SMARTS) is 1. The Morgan fingerprint density at radius 2 is 2.10 bits per heavy atom. The number of urea groups is 1. The number of anilines is 1. The number of hydrogen-bond acceptors (Lipinski definition) is 4. The maximum Gasteiger partial charge on any atom is 0.335 e. The molecule has 0 aliphatic carbocycles. The van der Waals surface area contributed by atoms with Gasteiger partial charge in [-0.2, -0.15) is 0 Å². The summed E-state index contributed by atoms with van der Waals surface area (Å²) in [5, 5.41) is 23.4. The van der Waals surface area contributed by atoms with Crippen LogP contribution < -0.4 is 10.6 Å². The molecule has 20 heavy (non-hydrogen) atoms. The topological polar surface area (TPSA) is 108 Å². The third-order valence-corrected chi connectivity index (χ3v) is 2.56. The van der Waals surface area contributed by atoms with Gasteiger partial charge in [-0.1, -0.05) is 6.92 Å². The summed E-state index contributed by atoms with van der Waals surface area (Å²) in [4.78, 5) is 22.3. The monoisotopic (exact) mass is 282 g/mol. The van der Waals surface area contributed by atoms with E-state index in [0.717, 1.165) is 6.07 Å². The molecule has 0 aromatic heterocycles. The second-order valence-corrected chi connectivity index (χ2v) is 4.43. The predicted molar refractivity (Wildman–Crippen MR) is 73.1 cm³/mol. The number of nitrogens with one attached hydrogen (secondary N) is 2. The van der Waals surface area contributed by atoms with Crippen molar-refractivity contribution in [1.82, 2.24) is 5.32 Å². The molecule has 0 spiro atoms. The van der Waals surface area contributed by atoms with Gasteiger partial charge in [-0.15, -0.1) is 0 Å². The molecule has 1 aromatic rings. The Bertz CT molecular complexity index is 490. The Labute approximate surface area is 116 Å². The van der Waals surface area contributed by atoms with Gasteiger partial charge in [0.2, 0.25) is 0 Å². The second kappa shape index (κ2) is 7.34. The smallest absolute Gasteiger partial charge is 0.335 e. The summed E-state index contributed by atoms with van der Waals surface area (Å²) >= 11 is 0. The summed E-state index contributed by atoms with van der Waals surface area (Å²) in [6.45, 7) is 2.87. The first-order valence-electron chi connectivity index (χ1n) is 6.04. The number of aromatic hydroxyl groups is 1. The number of rotatable bonds is 6. The van der Waals surface area contributed by atoms with E-state index in [9.17, 15) is 14.7 Å². The number of amides is 2. The van der Waals surface area contributed by atoms with Crippen LogP contribution in [0.4, 0.5) is 10.5 Å². The summed E-state index contributed by atoms with van der Waals surface area (Å²) in [6, 6.07) is 3.22. The number of carboxylic acids is 1. The van der Waals surface area contributed by atoms with Crippen LogP contribution in [-0.4, -0.2) is 42.5 Å². The van der Waals surface area contributed by atoms with Crippen LogP contribution >= 0.6 is 0 Å². The molecular formula is C13H18N2O5. The molecule has 0 bridgehead atoms. The van der Waals surface area contributed by atoms with Crippen LogP contribution in [0.5, 0.6) is 5.75 Å². The maximum atomic E-state index is 11.6. The summed E-state index contributed by atoms with van der Waals surface area (Å²) in [7, 11) is 1.58. The van der Waals surface area contributed by atoms with Gasteiger partial charge >= 0.3 is 12.0 Å². The third kappa shape index (κ3) is 4.77. The van der Waals surface area contributed by atoms with Crippen LogP contribution in [0, 0.1) is 5.92 Å². The zero-order valence-electron chi connectivity index (χ0n) is 11.3. The lowest BCUT2D eigenvalue weighted by atomic mass is 10.2. The highest BCUT2D eigenvalue weighted by Gasteiger charge is 2.10. The molecule has 0 saturated carbocycles. The van der Waals surface area contributed by atoms with Gasteiger partial charge in [0.05, 0.1) is 17.9 Å². The van der Waals surface area contributed by atoms with Crippen LogP contribution in [0.15, 0.2) is 18.2 Å². The van der Waals surface area contributed by atoms with Crippen molar-refractivity contribution >= 4 is 17.7 Å². The second-order valence-electron chi connectivity index (χ2n) is 4.43. The highest BCUT2D eigenvalue weighted by atomic mass is 16.5. The standard InChI is InChI=1S/C13H18N2O5/c1-8(7-20-2)6-14-13(19)15-10-4-3-9(12(17)18)5-11(10)16/h3-5,8,16H,6-7H2,1-2H3,(H,17,18)(H2,14,15,19). The lowest BCUT2D eigenvalue weighted by molar-refractivity contribution is 0.0696. The molecule has 0 aliphatic rings. The number of hydrogen-bond donors (Lipinski definition) is 4. The largest absolute Gasteiger partial charge is 0.506 e. The van der Waals surface area contributed by atoms with E-state index in [1.54, 1.807) is 7.11 Å². The molecule has 1 atom stereocenters. The quantitative estimate of drug-likeness (QED) is 0.591. The van der Waals surface area contributed by atoms with Crippen LogP contribution in [0.1, 0.15) is 17.3 Å². The van der Waals surface area contributed by atoms with Crippen molar-refractivity contribution in [2.24, 2.45) is 5.92 Å². The van der Waals surface area contributed by atoms with Gasteiger partial charge in [0.15, 0.2) is 0 Å². The van der Waals surface area contributed by atoms with E-state index in [1.807, 2.05) is 6.92 Å². The van der Waals surface area contributed by atoms with Gasteiger partial charge in [-0.25, -0.2) is 9.59 Å². The van der Waals surface area contributed by atoms with Crippen molar-refractivity contribution in [1.29, 1.82) is 0 Å². The third-order valence-electron chi connectivity index (χ3n) is 2.56. The van der Waals surface area contributed by atoms with Crippen molar-refractivity contribution in [2.75, 3.05) is 25.6 Å². The maximum absolute atomic E-state index is 11.6. The van der Waals surface area contributed by atoms with E-state index in [-0.39, 0.29) is 22.9 Å². The molecule has 0 radical (unpaired) electrons. The van der Waals surface area contributed by atoms with Crippen molar-refractivity contribution < 1.29 is 24.5 Å². The molecule has 7 nitrogen and oxygen atoms in total. The molecule has 1 rings (SSSR count). The molecule has 0 aliphatic heterocycles. The Hall–Kier alpha value is -2.28. The summed E-state index contributed by atoms with van der Waals surface area (Å²) in [6.07, 6.45) is 0. The number of carbonyl (C=O) groups excluding carboxylic acids is 1. The molecular weight excluding hydrogens is 264 g/mol. The first kappa shape index (κ1) is 15.8. The summed E-state index contributed by atoms with van der Waals surface area (Å²) in [5.41, 5.74) is 0.0917. The first-order valence-corrected chi connectivity index (χ1v) is 6.04. The molecule has 0 heterocycles. The van der Waals surface area contributed by atoms with Crippen molar-refractivity contribution in [3.63, 3.8) is 0 Å². The van der Waals surface area contributed by atoms with Crippen LogP contribution in [0.2, 0.25) is 0 Å². The number of carbonyl (C=O) groups is 2. The summed E-state index contributed by atoms with van der Waals surface area (Å²) in [5.74, 6) is -1.29. The molecule has 110 valence electrons. The van der Waals surface area contributed by atoms with Gasteiger partial charge in [0.25, 0.3) is 0 Å². The number of benzene rings is 1. The summed E-state index contributed by atoms with van der Waals surface area (Å²) < 4.78 is 4.94. The number of aromatic carboxylic acids is 1. The van der Waals surface area contributed by atoms with Gasteiger partial charge < -0.3 is 25.6 Å².